The Kier molecular flexibility index (Phi) is 4.41. The van der Waals surface area contributed by atoms with Crippen molar-refractivity contribution in [2.24, 2.45) is 0 Å². The van der Waals surface area contributed by atoms with Crippen LogP contribution < -0.4 is 0 Å². The van der Waals surface area contributed by atoms with Gasteiger partial charge in [0.2, 0.25) is 5.76 Å². The minimum atomic E-state index is -0.590. The molecule has 2 heterocycles. The van der Waals surface area contributed by atoms with Crippen molar-refractivity contribution in [3.63, 3.8) is 0 Å². The van der Waals surface area contributed by atoms with Gasteiger partial charge in [0, 0.05) is 25.1 Å². The van der Waals surface area contributed by atoms with E-state index in [1.54, 1.807) is 11.0 Å². The highest BCUT2D eigenvalue weighted by atomic mass is 16.5. The quantitative estimate of drug-likeness (QED) is 0.788. The third kappa shape index (κ3) is 2.83. The van der Waals surface area contributed by atoms with Crippen molar-refractivity contribution < 1.29 is 28.6 Å². The Hall–Kier alpha value is -1.86. The molecule has 0 bridgehead atoms. The van der Waals surface area contributed by atoms with Crippen molar-refractivity contribution in [2.45, 2.75) is 25.1 Å². The summed E-state index contributed by atoms with van der Waals surface area (Å²) in [5.74, 6) is -0.860. The number of methoxy groups -OCH3 is 2. The zero-order chi connectivity index (χ0) is 14.7. The molecule has 0 saturated carbocycles. The number of carbonyl (C=O) groups excluding carboxylic acids is 2. The highest BCUT2D eigenvalue weighted by Gasteiger charge is 2.37. The van der Waals surface area contributed by atoms with Gasteiger partial charge in [0.05, 0.1) is 26.6 Å². The first-order chi connectivity index (χ1) is 9.56. The van der Waals surface area contributed by atoms with E-state index in [0.29, 0.717) is 25.1 Å². The van der Waals surface area contributed by atoms with E-state index in [2.05, 4.69) is 4.74 Å². The zero-order valence-electron chi connectivity index (χ0n) is 11.4. The number of hydrogen-bond donors (Lipinski definition) is 1. The molecule has 0 amide bonds. The van der Waals surface area contributed by atoms with Gasteiger partial charge in [0.1, 0.15) is 6.04 Å². The third-order valence-corrected chi connectivity index (χ3v) is 3.35. The Balaban J connectivity index is 2.14. The Morgan fingerprint density at radius 3 is 2.85 bits per heavy atom. The molecule has 20 heavy (non-hydrogen) atoms. The van der Waals surface area contributed by atoms with E-state index >= 15 is 0 Å². The average Bonchev–Trinajstić information content (AvgIpc) is 3.04. The maximum Gasteiger partial charge on any atom is 0.374 e. The second-order valence-corrected chi connectivity index (χ2v) is 4.62. The number of aliphatic hydroxyl groups excluding tert-OH is 1. The largest absolute Gasteiger partial charge is 0.468 e. The molecular weight excluding hydrogens is 266 g/mol. The van der Waals surface area contributed by atoms with Crippen LogP contribution in [-0.4, -0.2) is 54.9 Å². The molecule has 0 aromatic carbocycles. The normalized spacial score (nSPS) is 22.8. The van der Waals surface area contributed by atoms with Crippen LogP contribution in [0.15, 0.2) is 16.7 Å². The number of nitrogens with zero attached hydrogens (tertiary/aromatic N) is 1. The van der Waals surface area contributed by atoms with E-state index in [4.69, 9.17) is 9.15 Å². The standard InChI is InChI=1S/C13H17NO6/c1-18-12(16)10-5-9(15)7-14(10)6-8-3-4-20-11(8)13(17)19-2/h3-4,9-10,15H,5-7H2,1-2H3. The molecule has 1 aliphatic rings. The summed E-state index contributed by atoms with van der Waals surface area (Å²) in [6, 6.07) is 1.13. The fourth-order valence-corrected chi connectivity index (χ4v) is 2.39. The lowest BCUT2D eigenvalue weighted by Gasteiger charge is -2.21. The Labute approximate surface area is 116 Å². The SMILES string of the molecule is COC(=O)c1occc1CN1CC(O)CC1C(=O)OC. The zero-order valence-corrected chi connectivity index (χ0v) is 11.4. The highest BCUT2D eigenvalue weighted by Crippen LogP contribution is 2.23. The van der Waals surface area contributed by atoms with Crippen LogP contribution in [-0.2, 0) is 20.8 Å². The molecule has 2 atom stereocenters. The number of esters is 2. The molecule has 0 spiro atoms. The molecule has 7 heteroatoms. The predicted molar refractivity (Wildman–Crippen MR) is 66.9 cm³/mol. The number of furan rings is 1. The Morgan fingerprint density at radius 2 is 2.20 bits per heavy atom. The molecule has 1 aromatic rings. The van der Waals surface area contributed by atoms with Crippen LogP contribution in [0, 0.1) is 0 Å². The van der Waals surface area contributed by atoms with Gasteiger partial charge >= 0.3 is 11.9 Å². The summed E-state index contributed by atoms with van der Waals surface area (Å²) in [6.45, 7) is 0.642. The first-order valence-electron chi connectivity index (χ1n) is 6.21. The fraction of sp³-hybridized carbons (Fsp3) is 0.538. The van der Waals surface area contributed by atoms with E-state index in [1.807, 2.05) is 0 Å². The van der Waals surface area contributed by atoms with Gasteiger partial charge in [-0.15, -0.1) is 0 Å². The lowest BCUT2D eigenvalue weighted by molar-refractivity contribution is -0.146. The second-order valence-electron chi connectivity index (χ2n) is 4.62. The summed E-state index contributed by atoms with van der Waals surface area (Å²) >= 11 is 0. The second kappa shape index (κ2) is 6.06. The van der Waals surface area contributed by atoms with Crippen molar-refractivity contribution >= 4 is 11.9 Å². The Morgan fingerprint density at radius 1 is 1.45 bits per heavy atom. The molecular formula is C13H17NO6. The minimum absolute atomic E-state index is 0.109. The summed E-state index contributed by atoms with van der Waals surface area (Å²) in [4.78, 5) is 25.0. The molecule has 1 saturated heterocycles. The van der Waals surface area contributed by atoms with Crippen LogP contribution in [0.1, 0.15) is 22.5 Å². The number of carbonyl (C=O) groups is 2. The average molecular weight is 283 g/mol. The van der Waals surface area contributed by atoms with E-state index in [1.165, 1.54) is 20.5 Å². The maximum atomic E-state index is 11.7. The van der Waals surface area contributed by atoms with Gasteiger partial charge in [-0.25, -0.2) is 4.79 Å². The smallest absolute Gasteiger partial charge is 0.374 e. The predicted octanol–water partition coefficient (Wildman–Crippen LogP) is 0.174. The van der Waals surface area contributed by atoms with Crippen LogP contribution >= 0.6 is 0 Å². The van der Waals surface area contributed by atoms with Crippen molar-refractivity contribution in [1.82, 2.24) is 4.90 Å². The number of hydrogen-bond acceptors (Lipinski definition) is 7. The summed E-state index contributed by atoms with van der Waals surface area (Å²) in [5, 5.41) is 9.70. The summed E-state index contributed by atoms with van der Waals surface area (Å²) < 4.78 is 14.4. The highest BCUT2D eigenvalue weighted by molar-refractivity contribution is 5.87. The number of likely N-dealkylation sites (tertiary alicyclic amines) is 1. The van der Waals surface area contributed by atoms with Gasteiger partial charge < -0.3 is 19.0 Å². The molecule has 1 fully saturated rings. The fourth-order valence-electron chi connectivity index (χ4n) is 2.39. The molecule has 110 valence electrons. The Bertz CT molecular complexity index is 497. The van der Waals surface area contributed by atoms with Gasteiger partial charge in [-0.2, -0.15) is 0 Å². The van der Waals surface area contributed by atoms with Crippen molar-refractivity contribution in [1.29, 1.82) is 0 Å². The van der Waals surface area contributed by atoms with Gasteiger partial charge in [-0.05, 0) is 6.07 Å². The summed E-state index contributed by atoms with van der Waals surface area (Å²) in [7, 11) is 2.58. The number of rotatable bonds is 4. The van der Waals surface area contributed by atoms with Gasteiger partial charge in [0.25, 0.3) is 0 Å². The van der Waals surface area contributed by atoms with Crippen LogP contribution in [0.3, 0.4) is 0 Å². The third-order valence-electron chi connectivity index (χ3n) is 3.35. The van der Waals surface area contributed by atoms with Crippen molar-refractivity contribution in [3.8, 4) is 0 Å². The molecule has 2 rings (SSSR count). The number of aliphatic hydroxyl groups is 1. The maximum absolute atomic E-state index is 11.7. The van der Waals surface area contributed by atoms with Crippen LogP contribution in [0.2, 0.25) is 0 Å². The first-order valence-corrected chi connectivity index (χ1v) is 6.21. The molecule has 1 aliphatic heterocycles. The topological polar surface area (TPSA) is 89.2 Å². The number of ether oxygens (including phenoxy) is 2. The van der Waals surface area contributed by atoms with Gasteiger partial charge in [0.15, 0.2) is 0 Å². The molecule has 7 nitrogen and oxygen atoms in total. The van der Waals surface area contributed by atoms with Crippen molar-refractivity contribution in [3.05, 3.63) is 23.7 Å². The van der Waals surface area contributed by atoms with Gasteiger partial charge in [-0.1, -0.05) is 0 Å². The van der Waals surface area contributed by atoms with E-state index in [9.17, 15) is 14.7 Å². The minimum Gasteiger partial charge on any atom is -0.468 e. The molecule has 0 radical (unpaired) electrons. The lowest BCUT2D eigenvalue weighted by Crippen LogP contribution is -2.36. The number of β-amino-alcohol motifs (C(OH)–C–C–N with tert-alkyl or cyclic N) is 1. The molecule has 2 unspecified atom stereocenters. The monoisotopic (exact) mass is 283 g/mol. The van der Waals surface area contributed by atoms with E-state index < -0.39 is 24.1 Å². The van der Waals surface area contributed by atoms with Crippen LogP contribution in [0.25, 0.3) is 0 Å². The lowest BCUT2D eigenvalue weighted by atomic mass is 10.2. The summed E-state index contributed by atoms with van der Waals surface area (Å²) in [6.07, 6.45) is 1.12. The van der Waals surface area contributed by atoms with Gasteiger partial charge in [-0.3, -0.25) is 9.69 Å². The molecule has 1 aromatic heterocycles. The molecule has 1 N–H and O–H groups in total. The van der Waals surface area contributed by atoms with E-state index in [0.717, 1.165) is 0 Å². The summed E-state index contributed by atoms with van der Waals surface area (Å²) in [5.41, 5.74) is 0.611. The van der Waals surface area contributed by atoms with Crippen molar-refractivity contribution in [2.75, 3.05) is 20.8 Å². The molecule has 0 aliphatic carbocycles. The van der Waals surface area contributed by atoms with Crippen LogP contribution in [0.4, 0.5) is 0 Å². The van der Waals surface area contributed by atoms with Crippen LogP contribution in [0.5, 0.6) is 0 Å². The van der Waals surface area contributed by atoms with E-state index in [-0.39, 0.29) is 5.76 Å². The first kappa shape index (κ1) is 14.5.